The monoisotopic (exact) mass is 162 g/mol. The summed E-state index contributed by atoms with van der Waals surface area (Å²) in [5, 5.41) is 8.91. The number of anilines is 1. The second-order valence-corrected chi connectivity index (χ2v) is 2.42. The van der Waals surface area contributed by atoms with Crippen molar-refractivity contribution in [3.8, 4) is 0 Å². The van der Waals surface area contributed by atoms with Crippen molar-refractivity contribution >= 4 is 30.1 Å². The highest BCUT2D eigenvalue weighted by Crippen LogP contribution is 2.05. The SMILES string of the molecule is Nc1nc(BO)c2[nH]ccc2n1. The summed E-state index contributed by atoms with van der Waals surface area (Å²) in [7, 11) is -0.135. The maximum absolute atomic E-state index is 8.91. The zero-order valence-corrected chi connectivity index (χ0v) is 6.28. The third-order valence-electron chi connectivity index (χ3n) is 1.65. The van der Waals surface area contributed by atoms with E-state index in [1.165, 1.54) is 0 Å². The number of H-pyrrole nitrogens is 1. The van der Waals surface area contributed by atoms with Crippen molar-refractivity contribution in [3.63, 3.8) is 0 Å². The largest absolute Gasteiger partial charge is 0.448 e. The maximum Gasteiger partial charge on any atom is 0.328 e. The minimum absolute atomic E-state index is 0.135. The van der Waals surface area contributed by atoms with Gasteiger partial charge in [-0.1, -0.05) is 0 Å². The van der Waals surface area contributed by atoms with Crippen LogP contribution in [0.1, 0.15) is 0 Å². The Morgan fingerprint density at radius 1 is 1.50 bits per heavy atom. The van der Waals surface area contributed by atoms with Crippen LogP contribution in [0.4, 0.5) is 5.95 Å². The number of hydrogen-bond donors (Lipinski definition) is 3. The van der Waals surface area contributed by atoms with Crippen LogP contribution in [-0.4, -0.2) is 27.5 Å². The first-order chi connectivity index (χ1) is 5.81. The molecule has 2 rings (SSSR count). The van der Waals surface area contributed by atoms with E-state index in [4.69, 9.17) is 10.8 Å². The van der Waals surface area contributed by atoms with E-state index < -0.39 is 0 Å². The minimum atomic E-state index is -0.135. The van der Waals surface area contributed by atoms with E-state index in [0.717, 1.165) is 11.0 Å². The number of nitrogens with two attached hydrogens (primary N) is 1. The van der Waals surface area contributed by atoms with Crippen molar-refractivity contribution in [2.75, 3.05) is 5.73 Å². The molecular formula is C6H7BN4O. The lowest BCUT2D eigenvalue weighted by molar-refractivity contribution is 0.614. The van der Waals surface area contributed by atoms with Crippen LogP contribution in [0.5, 0.6) is 0 Å². The number of rotatable bonds is 1. The van der Waals surface area contributed by atoms with Crippen LogP contribution in [0.3, 0.4) is 0 Å². The molecule has 0 aliphatic heterocycles. The molecule has 2 heterocycles. The molecule has 0 saturated heterocycles. The fourth-order valence-electron chi connectivity index (χ4n) is 1.14. The summed E-state index contributed by atoms with van der Waals surface area (Å²) < 4.78 is 0. The Morgan fingerprint density at radius 2 is 2.33 bits per heavy atom. The van der Waals surface area contributed by atoms with E-state index in [1.807, 2.05) is 0 Å². The first-order valence-electron chi connectivity index (χ1n) is 3.51. The van der Waals surface area contributed by atoms with Crippen LogP contribution in [-0.2, 0) is 0 Å². The van der Waals surface area contributed by atoms with Gasteiger partial charge in [0.15, 0.2) is 0 Å². The van der Waals surface area contributed by atoms with Gasteiger partial charge in [-0.3, -0.25) is 0 Å². The summed E-state index contributed by atoms with van der Waals surface area (Å²) in [6.45, 7) is 0. The number of fused-ring (bicyclic) bond motifs is 1. The Balaban J connectivity index is 2.80. The molecule has 0 aromatic carbocycles. The van der Waals surface area contributed by atoms with Gasteiger partial charge in [0, 0.05) is 6.20 Å². The van der Waals surface area contributed by atoms with Crippen molar-refractivity contribution in [2.45, 2.75) is 0 Å². The van der Waals surface area contributed by atoms with Crippen LogP contribution in [0.2, 0.25) is 0 Å². The molecule has 0 amide bonds. The van der Waals surface area contributed by atoms with E-state index >= 15 is 0 Å². The van der Waals surface area contributed by atoms with Gasteiger partial charge in [-0.15, -0.1) is 0 Å². The van der Waals surface area contributed by atoms with Crippen molar-refractivity contribution in [1.29, 1.82) is 0 Å². The molecule has 0 radical (unpaired) electrons. The highest BCUT2D eigenvalue weighted by Gasteiger charge is 2.06. The smallest absolute Gasteiger partial charge is 0.328 e. The van der Waals surface area contributed by atoms with Gasteiger partial charge < -0.3 is 15.7 Å². The average Bonchev–Trinajstić information content (AvgIpc) is 2.50. The second-order valence-electron chi connectivity index (χ2n) is 2.42. The molecule has 0 fully saturated rings. The van der Waals surface area contributed by atoms with E-state index in [2.05, 4.69) is 15.0 Å². The van der Waals surface area contributed by atoms with Gasteiger partial charge in [0.05, 0.1) is 16.6 Å². The third-order valence-corrected chi connectivity index (χ3v) is 1.65. The number of hydrogen-bond acceptors (Lipinski definition) is 4. The molecule has 0 spiro atoms. The van der Waals surface area contributed by atoms with Crippen LogP contribution in [0.15, 0.2) is 12.3 Å². The van der Waals surface area contributed by atoms with Gasteiger partial charge in [0.2, 0.25) is 5.95 Å². The van der Waals surface area contributed by atoms with Crippen molar-refractivity contribution in [1.82, 2.24) is 15.0 Å². The molecule has 0 aliphatic carbocycles. The van der Waals surface area contributed by atoms with E-state index in [-0.39, 0.29) is 13.4 Å². The topological polar surface area (TPSA) is 87.8 Å². The molecule has 60 valence electrons. The highest BCUT2D eigenvalue weighted by molar-refractivity contribution is 6.48. The number of nitrogens with zero attached hydrogens (tertiary/aromatic N) is 2. The summed E-state index contributed by atoms with van der Waals surface area (Å²) in [6.07, 6.45) is 1.73. The molecular weight excluding hydrogens is 155 g/mol. The summed E-state index contributed by atoms with van der Waals surface area (Å²) in [5.41, 5.74) is 7.41. The molecule has 12 heavy (non-hydrogen) atoms. The molecule has 5 nitrogen and oxygen atoms in total. The van der Waals surface area contributed by atoms with E-state index in [0.29, 0.717) is 5.59 Å². The van der Waals surface area contributed by atoms with Gasteiger partial charge in [-0.2, -0.15) is 0 Å². The second kappa shape index (κ2) is 2.49. The highest BCUT2D eigenvalue weighted by atomic mass is 16.2. The standard InChI is InChI=1S/C6H7BN4O/c8-6-10-3-1-2-9-4(3)5(7-12)11-6/h1-2,7,9,12H,(H2,8,10,11). The minimum Gasteiger partial charge on any atom is -0.448 e. The van der Waals surface area contributed by atoms with Gasteiger partial charge in [0.25, 0.3) is 0 Å². The molecule has 6 heteroatoms. The maximum atomic E-state index is 8.91. The molecule has 0 bridgehead atoms. The van der Waals surface area contributed by atoms with E-state index in [9.17, 15) is 0 Å². The number of nitrogen functional groups attached to an aromatic ring is 1. The lowest BCUT2D eigenvalue weighted by Gasteiger charge is -1.97. The van der Waals surface area contributed by atoms with Gasteiger partial charge in [-0.25, -0.2) is 9.97 Å². The zero-order valence-electron chi connectivity index (χ0n) is 6.28. The Bertz CT molecular complexity index is 413. The van der Waals surface area contributed by atoms with Gasteiger partial charge >= 0.3 is 7.48 Å². The van der Waals surface area contributed by atoms with Crippen LogP contribution in [0.25, 0.3) is 11.0 Å². The third kappa shape index (κ3) is 0.929. The molecule has 0 atom stereocenters. The lowest BCUT2D eigenvalue weighted by atomic mass is 9.94. The zero-order chi connectivity index (χ0) is 8.55. The lowest BCUT2D eigenvalue weighted by Crippen LogP contribution is -2.21. The first kappa shape index (κ1) is 7.11. The molecule has 0 unspecified atom stereocenters. The molecule has 2 aromatic rings. The predicted molar refractivity (Wildman–Crippen MR) is 47.3 cm³/mol. The summed E-state index contributed by atoms with van der Waals surface area (Å²) in [5.74, 6) is 0.186. The average molecular weight is 162 g/mol. The molecule has 0 saturated carbocycles. The summed E-state index contributed by atoms with van der Waals surface area (Å²) in [4.78, 5) is 10.8. The number of aromatic amines is 1. The molecule has 0 aliphatic rings. The Labute approximate surface area is 68.9 Å². The normalized spacial score (nSPS) is 10.4. The van der Waals surface area contributed by atoms with Crippen LogP contribution in [0, 0.1) is 0 Å². The van der Waals surface area contributed by atoms with E-state index in [1.54, 1.807) is 12.3 Å². The molecule has 2 aromatic heterocycles. The molecule has 4 N–H and O–H groups in total. The Kier molecular flexibility index (Phi) is 1.48. The van der Waals surface area contributed by atoms with Crippen LogP contribution >= 0.6 is 0 Å². The van der Waals surface area contributed by atoms with Crippen molar-refractivity contribution < 1.29 is 5.02 Å². The van der Waals surface area contributed by atoms with Crippen LogP contribution < -0.4 is 11.3 Å². The summed E-state index contributed by atoms with van der Waals surface area (Å²) >= 11 is 0. The first-order valence-corrected chi connectivity index (χ1v) is 3.51. The fraction of sp³-hybridized carbons (Fsp3) is 0. The van der Waals surface area contributed by atoms with Gasteiger partial charge in [-0.05, 0) is 6.07 Å². The summed E-state index contributed by atoms with van der Waals surface area (Å²) in [6, 6.07) is 1.78. The fourth-order valence-corrected chi connectivity index (χ4v) is 1.14. The number of nitrogens with one attached hydrogen (secondary N) is 1. The predicted octanol–water partition coefficient (Wildman–Crippen LogP) is -1.49. The quantitative estimate of drug-likeness (QED) is 0.445. The Hall–Kier alpha value is -1.56. The number of aromatic nitrogens is 3. The van der Waals surface area contributed by atoms with Gasteiger partial charge in [0.1, 0.15) is 0 Å². The van der Waals surface area contributed by atoms with Crippen molar-refractivity contribution in [3.05, 3.63) is 12.3 Å². The van der Waals surface area contributed by atoms with Crippen molar-refractivity contribution in [2.24, 2.45) is 0 Å². The Morgan fingerprint density at radius 3 is 3.08 bits per heavy atom.